The lowest BCUT2D eigenvalue weighted by atomic mass is 9.92. The van der Waals surface area contributed by atoms with Crippen LogP contribution in [0.25, 0.3) is 5.69 Å². The first-order chi connectivity index (χ1) is 14.0. The number of amides is 2. The summed E-state index contributed by atoms with van der Waals surface area (Å²) >= 11 is 0. The van der Waals surface area contributed by atoms with Gasteiger partial charge in [0.1, 0.15) is 5.82 Å². The highest BCUT2D eigenvalue weighted by molar-refractivity contribution is 5.94. The zero-order valence-corrected chi connectivity index (χ0v) is 19.4. The molecule has 2 rings (SSSR count). The largest absolute Gasteiger partial charge is 0.333 e. The molecule has 6 nitrogen and oxygen atoms in total. The van der Waals surface area contributed by atoms with Gasteiger partial charge in [-0.05, 0) is 24.0 Å². The Hall–Kier alpha value is -2.63. The van der Waals surface area contributed by atoms with E-state index >= 15 is 0 Å². The summed E-state index contributed by atoms with van der Waals surface area (Å²) in [7, 11) is 0. The van der Waals surface area contributed by atoms with Gasteiger partial charge in [0.15, 0.2) is 0 Å². The Kier molecular flexibility index (Phi) is 7.82. The number of carbonyl (C=O) groups excluding carboxylic acids is 2. The predicted octanol–water partition coefficient (Wildman–Crippen LogP) is 4.64. The first-order valence-electron chi connectivity index (χ1n) is 10.7. The van der Waals surface area contributed by atoms with Crippen LogP contribution in [0.4, 0.5) is 5.82 Å². The van der Waals surface area contributed by atoms with Crippen LogP contribution in [0.1, 0.15) is 60.6 Å². The van der Waals surface area contributed by atoms with Crippen molar-refractivity contribution in [1.29, 1.82) is 0 Å². The second-order valence-electron chi connectivity index (χ2n) is 9.73. The van der Waals surface area contributed by atoms with E-state index in [1.54, 1.807) is 9.58 Å². The Morgan fingerprint density at radius 3 is 2.23 bits per heavy atom. The maximum absolute atomic E-state index is 12.9. The van der Waals surface area contributed by atoms with Gasteiger partial charge in [0.05, 0.1) is 17.9 Å². The molecular formula is C24H36N4O2. The lowest BCUT2D eigenvalue weighted by Crippen LogP contribution is -2.40. The molecule has 0 unspecified atom stereocenters. The van der Waals surface area contributed by atoms with Gasteiger partial charge < -0.3 is 10.2 Å². The number of benzene rings is 1. The molecule has 1 heterocycles. The number of nitrogens with zero attached hydrogens (tertiary/aromatic N) is 3. The average Bonchev–Trinajstić information content (AvgIpc) is 3.05. The summed E-state index contributed by atoms with van der Waals surface area (Å²) < 4.78 is 1.75. The van der Waals surface area contributed by atoms with Crippen LogP contribution in [0.15, 0.2) is 36.4 Å². The van der Waals surface area contributed by atoms with Crippen LogP contribution in [-0.2, 0) is 15.0 Å². The van der Waals surface area contributed by atoms with Crippen molar-refractivity contribution < 1.29 is 9.59 Å². The summed E-state index contributed by atoms with van der Waals surface area (Å²) in [6.45, 7) is 15.0. The number of hydrogen-bond acceptors (Lipinski definition) is 3. The highest BCUT2D eigenvalue weighted by Crippen LogP contribution is 2.26. The van der Waals surface area contributed by atoms with E-state index in [0.29, 0.717) is 18.8 Å². The second kappa shape index (κ2) is 9.92. The Bertz CT molecular complexity index is 848. The van der Waals surface area contributed by atoms with E-state index in [0.717, 1.165) is 11.4 Å². The van der Waals surface area contributed by atoms with Crippen molar-refractivity contribution in [1.82, 2.24) is 14.7 Å². The first kappa shape index (κ1) is 23.6. The standard InChI is InChI=1S/C24H36N4O2/c1-17(2)13-23(30)27(15-18(3)4)16-22(29)25-21-14-20(24(5,6)7)26-28(21)19-11-9-8-10-12-19/h8-12,14,17-18H,13,15-16H2,1-7H3,(H,25,29). The highest BCUT2D eigenvalue weighted by Gasteiger charge is 2.23. The van der Waals surface area contributed by atoms with Gasteiger partial charge in [-0.15, -0.1) is 0 Å². The smallest absolute Gasteiger partial charge is 0.245 e. The van der Waals surface area contributed by atoms with E-state index < -0.39 is 0 Å². The molecule has 2 amide bonds. The van der Waals surface area contributed by atoms with E-state index in [1.165, 1.54) is 0 Å². The van der Waals surface area contributed by atoms with Gasteiger partial charge in [0.25, 0.3) is 0 Å². The fourth-order valence-corrected chi connectivity index (χ4v) is 3.13. The Morgan fingerprint density at radius 1 is 1.07 bits per heavy atom. The third-order valence-corrected chi connectivity index (χ3v) is 4.60. The Balaban J connectivity index is 2.25. The number of carbonyl (C=O) groups is 2. The molecule has 0 atom stereocenters. The van der Waals surface area contributed by atoms with Crippen LogP contribution in [0.3, 0.4) is 0 Å². The van der Waals surface area contributed by atoms with Gasteiger partial charge in [-0.3, -0.25) is 9.59 Å². The Labute approximate surface area is 180 Å². The van der Waals surface area contributed by atoms with Gasteiger partial charge >= 0.3 is 0 Å². The van der Waals surface area contributed by atoms with Crippen LogP contribution < -0.4 is 5.32 Å². The molecule has 30 heavy (non-hydrogen) atoms. The van der Waals surface area contributed by atoms with E-state index in [4.69, 9.17) is 5.10 Å². The summed E-state index contributed by atoms with van der Waals surface area (Å²) in [5, 5.41) is 7.71. The van der Waals surface area contributed by atoms with Crippen molar-refractivity contribution in [3.05, 3.63) is 42.1 Å². The SMILES string of the molecule is CC(C)CC(=O)N(CC(=O)Nc1cc(C(C)(C)C)nn1-c1ccccc1)CC(C)C. The second-order valence-corrected chi connectivity index (χ2v) is 9.73. The van der Waals surface area contributed by atoms with Crippen molar-refractivity contribution in [3.8, 4) is 5.69 Å². The van der Waals surface area contributed by atoms with Crippen LogP contribution in [0, 0.1) is 11.8 Å². The van der Waals surface area contributed by atoms with Gasteiger partial charge in [-0.2, -0.15) is 5.10 Å². The number of para-hydroxylation sites is 1. The monoisotopic (exact) mass is 412 g/mol. The zero-order valence-electron chi connectivity index (χ0n) is 19.4. The third kappa shape index (κ3) is 6.71. The molecule has 0 aliphatic carbocycles. The molecule has 0 aliphatic rings. The van der Waals surface area contributed by atoms with E-state index in [1.807, 2.05) is 64.1 Å². The topological polar surface area (TPSA) is 67.2 Å². The quantitative estimate of drug-likeness (QED) is 0.687. The molecule has 0 saturated carbocycles. The van der Waals surface area contributed by atoms with Crippen molar-refractivity contribution in [2.24, 2.45) is 11.8 Å². The molecule has 0 spiro atoms. The van der Waals surface area contributed by atoms with Crippen LogP contribution in [0.2, 0.25) is 0 Å². The minimum Gasteiger partial charge on any atom is -0.333 e. The summed E-state index contributed by atoms with van der Waals surface area (Å²) in [6, 6.07) is 11.6. The summed E-state index contributed by atoms with van der Waals surface area (Å²) in [4.78, 5) is 27.2. The lowest BCUT2D eigenvalue weighted by Gasteiger charge is -2.25. The third-order valence-electron chi connectivity index (χ3n) is 4.60. The summed E-state index contributed by atoms with van der Waals surface area (Å²) in [6.07, 6.45) is 0.441. The van der Waals surface area contributed by atoms with Gasteiger partial charge in [-0.1, -0.05) is 66.7 Å². The number of hydrogen-bond donors (Lipinski definition) is 1. The fourth-order valence-electron chi connectivity index (χ4n) is 3.13. The van der Waals surface area contributed by atoms with Crippen molar-refractivity contribution in [3.63, 3.8) is 0 Å². The zero-order chi connectivity index (χ0) is 22.5. The van der Waals surface area contributed by atoms with Crippen molar-refractivity contribution >= 4 is 17.6 Å². The first-order valence-corrected chi connectivity index (χ1v) is 10.7. The summed E-state index contributed by atoms with van der Waals surface area (Å²) in [5.41, 5.74) is 1.60. The van der Waals surface area contributed by atoms with E-state index in [2.05, 4.69) is 26.1 Å². The molecule has 2 aromatic rings. The number of anilines is 1. The van der Waals surface area contributed by atoms with Gasteiger partial charge in [-0.25, -0.2) is 4.68 Å². The normalized spacial score (nSPS) is 11.8. The molecule has 1 aromatic carbocycles. The molecule has 0 fully saturated rings. The van der Waals surface area contributed by atoms with Gasteiger partial charge in [0.2, 0.25) is 11.8 Å². The van der Waals surface area contributed by atoms with Crippen molar-refractivity contribution in [2.75, 3.05) is 18.4 Å². The Morgan fingerprint density at radius 2 is 1.70 bits per heavy atom. The van der Waals surface area contributed by atoms with E-state index in [-0.39, 0.29) is 35.6 Å². The fraction of sp³-hybridized carbons (Fsp3) is 0.542. The number of nitrogens with one attached hydrogen (secondary N) is 1. The average molecular weight is 413 g/mol. The maximum Gasteiger partial charge on any atom is 0.245 e. The minimum absolute atomic E-state index is 0.0146. The molecule has 0 radical (unpaired) electrons. The molecule has 0 bridgehead atoms. The number of aromatic nitrogens is 2. The molecule has 0 aliphatic heterocycles. The van der Waals surface area contributed by atoms with Crippen molar-refractivity contribution in [2.45, 2.75) is 60.3 Å². The van der Waals surface area contributed by atoms with Crippen LogP contribution in [-0.4, -0.2) is 39.6 Å². The predicted molar refractivity (Wildman–Crippen MR) is 122 cm³/mol. The molecule has 164 valence electrons. The number of rotatable bonds is 8. The lowest BCUT2D eigenvalue weighted by molar-refractivity contribution is -0.135. The molecular weight excluding hydrogens is 376 g/mol. The van der Waals surface area contributed by atoms with Gasteiger partial charge in [0, 0.05) is 24.4 Å². The van der Waals surface area contributed by atoms with Crippen LogP contribution >= 0.6 is 0 Å². The maximum atomic E-state index is 12.9. The molecule has 6 heteroatoms. The summed E-state index contributed by atoms with van der Waals surface area (Å²) in [5.74, 6) is 0.948. The minimum atomic E-state index is -0.217. The van der Waals surface area contributed by atoms with E-state index in [9.17, 15) is 9.59 Å². The molecule has 1 N–H and O–H groups in total. The highest BCUT2D eigenvalue weighted by atomic mass is 16.2. The van der Waals surface area contributed by atoms with Crippen LogP contribution in [0.5, 0.6) is 0 Å². The molecule has 1 aromatic heterocycles. The molecule has 0 saturated heterocycles.